The standard InChI is InChI=1S/C22H22N2O3S/c1-17-12-14-19(15-13-17)28(26,27)23-21-11-7-6-10-20(21)22(25)24(2)16-18-8-4-3-5-9-18/h3-15,23H,16H2,1-2H3. The van der Waals surface area contributed by atoms with Crippen LogP contribution in [0.2, 0.25) is 0 Å². The van der Waals surface area contributed by atoms with Gasteiger partial charge in [-0.05, 0) is 36.8 Å². The van der Waals surface area contributed by atoms with Gasteiger partial charge in [-0.2, -0.15) is 0 Å². The zero-order valence-corrected chi connectivity index (χ0v) is 16.6. The van der Waals surface area contributed by atoms with Crippen LogP contribution in [-0.4, -0.2) is 26.3 Å². The Morgan fingerprint density at radius 3 is 2.18 bits per heavy atom. The molecule has 0 fully saturated rings. The number of nitrogens with zero attached hydrogens (tertiary/aromatic N) is 1. The molecule has 0 radical (unpaired) electrons. The van der Waals surface area contributed by atoms with Crippen LogP contribution < -0.4 is 4.72 Å². The summed E-state index contributed by atoms with van der Waals surface area (Å²) in [5.41, 5.74) is 2.53. The average Bonchev–Trinajstić information content (AvgIpc) is 2.68. The van der Waals surface area contributed by atoms with Gasteiger partial charge in [-0.25, -0.2) is 8.42 Å². The van der Waals surface area contributed by atoms with Crippen molar-refractivity contribution in [2.75, 3.05) is 11.8 Å². The molecule has 3 rings (SSSR count). The number of para-hydroxylation sites is 1. The fourth-order valence-electron chi connectivity index (χ4n) is 2.81. The summed E-state index contributed by atoms with van der Waals surface area (Å²) in [7, 11) is -2.10. The van der Waals surface area contributed by atoms with Crippen molar-refractivity contribution in [3.8, 4) is 0 Å². The van der Waals surface area contributed by atoms with Gasteiger partial charge in [-0.1, -0.05) is 60.2 Å². The number of hydrogen-bond acceptors (Lipinski definition) is 3. The lowest BCUT2D eigenvalue weighted by atomic mass is 10.1. The Morgan fingerprint density at radius 1 is 0.893 bits per heavy atom. The molecule has 144 valence electrons. The molecule has 0 spiro atoms. The highest BCUT2D eigenvalue weighted by molar-refractivity contribution is 7.92. The van der Waals surface area contributed by atoms with Gasteiger partial charge < -0.3 is 4.90 Å². The number of carbonyl (C=O) groups excluding carboxylic acids is 1. The molecule has 3 aromatic carbocycles. The maximum atomic E-state index is 12.9. The van der Waals surface area contributed by atoms with Crippen molar-refractivity contribution in [2.24, 2.45) is 0 Å². The van der Waals surface area contributed by atoms with Gasteiger partial charge in [0.2, 0.25) is 0 Å². The van der Waals surface area contributed by atoms with Crippen LogP contribution in [0.5, 0.6) is 0 Å². The van der Waals surface area contributed by atoms with Crippen LogP contribution in [-0.2, 0) is 16.6 Å². The molecule has 0 aliphatic carbocycles. The second-order valence-electron chi connectivity index (χ2n) is 6.61. The minimum Gasteiger partial charge on any atom is -0.337 e. The molecule has 0 bridgehead atoms. The summed E-state index contributed by atoms with van der Waals surface area (Å²) in [5.74, 6) is -0.258. The maximum absolute atomic E-state index is 12.9. The van der Waals surface area contributed by atoms with Crippen LogP contribution in [0.4, 0.5) is 5.69 Å². The second kappa shape index (κ2) is 8.27. The average molecular weight is 394 g/mol. The van der Waals surface area contributed by atoms with E-state index in [2.05, 4.69) is 4.72 Å². The first-order valence-corrected chi connectivity index (χ1v) is 10.3. The molecule has 0 aliphatic rings. The molecule has 1 N–H and O–H groups in total. The predicted octanol–water partition coefficient (Wildman–Crippen LogP) is 4.07. The summed E-state index contributed by atoms with van der Waals surface area (Å²) < 4.78 is 28.0. The molecule has 28 heavy (non-hydrogen) atoms. The Hall–Kier alpha value is -3.12. The highest BCUT2D eigenvalue weighted by Gasteiger charge is 2.20. The Kier molecular flexibility index (Phi) is 5.80. The van der Waals surface area contributed by atoms with E-state index in [4.69, 9.17) is 0 Å². The largest absolute Gasteiger partial charge is 0.337 e. The molecule has 0 aromatic heterocycles. The third-order valence-corrected chi connectivity index (χ3v) is 5.72. The normalized spacial score (nSPS) is 11.1. The lowest BCUT2D eigenvalue weighted by Gasteiger charge is -2.19. The van der Waals surface area contributed by atoms with Crippen molar-refractivity contribution in [1.29, 1.82) is 0 Å². The van der Waals surface area contributed by atoms with Gasteiger partial charge in [0.15, 0.2) is 0 Å². The zero-order chi connectivity index (χ0) is 20.1. The third kappa shape index (κ3) is 4.58. The Morgan fingerprint density at radius 2 is 1.50 bits per heavy atom. The first-order valence-electron chi connectivity index (χ1n) is 8.85. The molecule has 6 heteroatoms. The number of nitrogens with one attached hydrogen (secondary N) is 1. The van der Waals surface area contributed by atoms with Crippen molar-refractivity contribution in [2.45, 2.75) is 18.4 Å². The molecule has 0 saturated heterocycles. The summed E-state index contributed by atoms with van der Waals surface area (Å²) in [6.45, 7) is 2.32. The minimum absolute atomic E-state index is 0.151. The van der Waals surface area contributed by atoms with E-state index in [1.165, 1.54) is 0 Å². The van der Waals surface area contributed by atoms with Crippen LogP contribution in [0.1, 0.15) is 21.5 Å². The Labute approximate surface area is 165 Å². The van der Waals surface area contributed by atoms with E-state index < -0.39 is 10.0 Å². The monoisotopic (exact) mass is 394 g/mol. The number of sulfonamides is 1. The molecule has 0 heterocycles. The second-order valence-corrected chi connectivity index (χ2v) is 8.29. The topological polar surface area (TPSA) is 66.5 Å². The van der Waals surface area contributed by atoms with Crippen LogP contribution in [0.3, 0.4) is 0 Å². The first kappa shape index (κ1) is 19.6. The van der Waals surface area contributed by atoms with Gasteiger partial charge >= 0.3 is 0 Å². The van der Waals surface area contributed by atoms with E-state index in [1.807, 2.05) is 37.3 Å². The molecule has 0 saturated carbocycles. The van der Waals surface area contributed by atoms with Gasteiger partial charge in [0.25, 0.3) is 15.9 Å². The quantitative estimate of drug-likeness (QED) is 0.685. The fourth-order valence-corrected chi connectivity index (χ4v) is 3.89. The fraction of sp³-hybridized carbons (Fsp3) is 0.136. The van der Waals surface area contributed by atoms with Crippen molar-refractivity contribution >= 4 is 21.6 Å². The molecule has 0 unspecified atom stereocenters. The van der Waals surface area contributed by atoms with Gasteiger partial charge in [0.1, 0.15) is 0 Å². The van der Waals surface area contributed by atoms with E-state index in [0.717, 1.165) is 11.1 Å². The van der Waals surface area contributed by atoms with Crippen molar-refractivity contribution < 1.29 is 13.2 Å². The molecule has 0 aliphatic heterocycles. The first-order chi connectivity index (χ1) is 13.4. The third-order valence-electron chi connectivity index (χ3n) is 4.34. The van der Waals surface area contributed by atoms with Crippen molar-refractivity contribution in [1.82, 2.24) is 4.90 Å². The minimum atomic E-state index is -3.79. The van der Waals surface area contributed by atoms with E-state index in [1.54, 1.807) is 60.5 Å². The summed E-state index contributed by atoms with van der Waals surface area (Å²) in [5, 5.41) is 0. The molecule has 5 nitrogen and oxygen atoms in total. The van der Waals surface area contributed by atoms with E-state index in [9.17, 15) is 13.2 Å². The Bertz CT molecular complexity index is 1060. The predicted molar refractivity (Wildman–Crippen MR) is 111 cm³/mol. The lowest BCUT2D eigenvalue weighted by molar-refractivity contribution is 0.0786. The maximum Gasteiger partial charge on any atom is 0.261 e. The van der Waals surface area contributed by atoms with Crippen molar-refractivity contribution in [3.63, 3.8) is 0 Å². The van der Waals surface area contributed by atoms with Gasteiger partial charge in [0.05, 0.1) is 16.1 Å². The van der Waals surface area contributed by atoms with Crippen LogP contribution in [0.25, 0.3) is 0 Å². The highest BCUT2D eigenvalue weighted by Crippen LogP contribution is 2.22. The number of aryl methyl sites for hydroxylation is 1. The number of amides is 1. The van der Waals surface area contributed by atoms with E-state index >= 15 is 0 Å². The molecule has 0 atom stereocenters. The number of benzene rings is 3. The summed E-state index contributed by atoms with van der Waals surface area (Å²) >= 11 is 0. The number of carbonyl (C=O) groups is 1. The SMILES string of the molecule is Cc1ccc(S(=O)(=O)Nc2ccccc2C(=O)N(C)Cc2ccccc2)cc1. The van der Waals surface area contributed by atoms with E-state index in [0.29, 0.717) is 12.1 Å². The van der Waals surface area contributed by atoms with Gasteiger partial charge in [0, 0.05) is 13.6 Å². The van der Waals surface area contributed by atoms with Gasteiger partial charge in [-0.15, -0.1) is 0 Å². The number of rotatable bonds is 6. The van der Waals surface area contributed by atoms with E-state index in [-0.39, 0.29) is 16.5 Å². The molecule has 3 aromatic rings. The molecule has 1 amide bonds. The summed E-state index contributed by atoms with van der Waals surface area (Å²) in [6, 6.07) is 22.8. The van der Waals surface area contributed by atoms with Crippen LogP contribution >= 0.6 is 0 Å². The smallest absolute Gasteiger partial charge is 0.261 e. The highest BCUT2D eigenvalue weighted by atomic mass is 32.2. The summed E-state index contributed by atoms with van der Waals surface area (Å²) in [4.78, 5) is 14.6. The Balaban J connectivity index is 1.84. The zero-order valence-electron chi connectivity index (χ0n) is 15.8. The number of hydrogen-bond donors (Lipinski definition) is 1. The van der Waals surface area contributed by atoms with Crippen molar-refractivity contribution in [3.05, 3.63) is 95.6 Å². The molecular formula is C22H22N2O3S. The van der Waals surface area contributed by atoms with Crippen LogP contribution in [0, 0.1) is 6.92 Å². The summed E-state index contributed by atoms with van der Waals surface area (Å²) in [6.07, 6.45) is 0. The molecular weight excluding hydrogens is 372 g/mol. The lowest BCUT2D eigenvalue weighted by Crippen LogP contribution is -2.27. The number of anilines is 1. The van der Waals surface area contributed by atoms with Crippen LogP contribution in [0.15, 0.2) is 83.8 Å². The van der Waals surface area contributed by atoms with Gasteiger partial charge in [-0.3, -0.25) is 9.52 Å².